The van der Waals surface area contributed by atoms with Gasteiger partial charge in [-0.1, -0.05) is 19.1 Å². The summed E-state index contributed by atoms with van der Waals surface area (Å²) in [7, 11) is 0. The van der Waals surface area contributed by atoms with E-state index in [1.54, 1.807) is 6.07 Å². The lowest BCUT2D eigenvalue weighted by Crippen LogP contribution is -2.43. The molecular formula is C15H20FN3O2. The van der Waals surface area contributed by atoms with Gasteiger partial charge in [0, 0.05) is 12.6 Å². The lowest BCUT2D eigenvalue weighted by molar-refractivity contribution is -0.136. The maximum Gasteiger partial charge on any atom is 0.313 e. The Hall–Kier alpha value is -1.95. The lowest BCUT2D eigenvalue weighted by Gasteiger charge is -2.22. The van der Waals surface area contributed by atoms with E-state index in [2.05, 4.69) is 22.5 Å². The van der Waals surface area contributed by atoms with Crippen molar-refractivity contribution in [3.05, 3.63) is 30.1 Å². The van der Waals surface area contributed by atoms with E-state index in [9.17, 15) is 14.0 Å². The third kappa shape index (κ3) is 4.01. The van der Waals surface area contributed by atoms with E-state index in [1.165, 1.54) is 18.2 Å². The third-order valence-corrected chi connectivity index (χ3v) is 3.73. The summed E-state index contributed by atoms with van der Waals surface area (Å²) in [6, 6.07) is 6.03. The highest BCUT2D eigenvalue weighted by Crippen LogP contribution is 2.15. The summed E-state index contributed by atoms with van der Waals surface area (Å²) in [4.78, 5) is 25.7. The van der Waals surface area contributed by atoms with Crippen molar-refractivity contribution in [2.24, 2.45) is 0 Å². The predicted molar refractivity (Wildman–Crippen MR) is 78.3 cm³/mol. The first-order valence-electron chi connectivity index (χ1n) is 7.19. The lowest BCUT2D eigenvalue weighted by atomic mass is 10.2. The number of hydrogen-bond donors (Lipinski definition) is 2. The Bertz CT molecular complexity index is 521. The van der Waals surface area contributed by atoms with Crippen molar-refractivity contribution < 1.29 is 14.0 Å². The van der Waals surface area contributed by atoms with E-state index in [1.807, 2.05) is 0 Å². The fourth-order valence-electron chi connectivity index (χ4n) is 2.58. The van der Waals surface area contributed by atoms with Crippen molar-refractivity contribution >= 4 is 17.5 Å². The Balaban J connectivity index is 1.83. The molecule has 1 aliphatic heterocycles. The van der Waals surface area contributed by atoms with E-state index in [0.29, 0.717) is 6.54 Å². The maximum absolute atomic E-state index is 13.4. The number of carbonyl (C=O) groups is 2. The number of halogens is 1. The van der Waals surface area contributed by atoms with Crippen LogP contribution >= 0.6 is 0 Å². The Morgan fingerprint density at radius 3 is 2.81 bits per heavy atom. The van der Waals surface area contributed by atoms with Gasteiger partial charge in [-0.2, -0.15) is 0 Å². The number of likely N-dealkylation sites (tertiary alicyclic amines) is 1. The fourth-order valence-corrected chi connectivity index (χ4v) is 2.58. The molecule has 21 heavy (non-hydrogen) atoms. The molecule has 0 saturated carbocycles. The highest BCUT2D eigenvalue weighted by Gasteiger charge is 2.24. The number of hydrogen-bond acceptors (Lipinski definition) is 3. The van der Waals surface area contributed by atoms with E-state index >= 15 is 0 Å². The van der Waals surface area contributed by atoms with Crippen LogP contribution in [0.2, 0.25) is 0 Å². The summed E-state index contributed by atoms with van der Waals surface area (Å²) in [5.74, 6) is -2.14. The molecule has 1 saturated heterocycles. The quantitative estimate of drug-likeness (QED) is 0.824. The van der Waals surface area contributed by atoms with Crippen LogP contribution in [0.1, 0.15) is 19.8 Å². The third-order valence-electron chi connectivity index (χ3n) is 3.73. The van der Waals surface area contributed by atoms with Crippen LogP contribution < -0.4 is 10.6 Å². The van der Waals surface area contributed by atoms with Crippen molar-refractivity contribution in [1.29, 1.82) is 0 Å². The standard InChI is InChI=1S/C15H20FN3O2/c1-2-19-9-5-6-11(19)10-17-14(20)15(21)18-13-8-4-3-7-12(13)16/h3-4,7-8,11H,2,5-6,9-10H2,1H3,(H,17,20)(H,18,21). The molecule has 0 bridgehead atoms. The molecule has 1 aromatic rings. The van der Waals surface area contributed by atoms with Gasteiger partial charge in [-0.15, -0.1) is 0 Å². The molecule has 2 amide bonds. The smallest absolute Gasteiger partial charge is 0.313 e. The molecule has 6 heteroatoms. The summed E-state index contributed by atoms with van der Waals surface area (Å²) in [6.07, 6.45) is 2.12. The molecule has 2 rings (SSSR count). The fraction of sp³-hybridized carbons (Fsp3) is 0.467. The van der Waals surface area contributed by atoms with Crippen LogP contribution in [0, 0.1) is 5.82 Å². The van der Waals surface area contributed by atoms with Crippen LogP contribution in [0.25, 0.3) is 0 Å². The molecule has 5 nitrogen and oxygen atoms in total. The van der Waals surface area contributed by atoms with E-state index in [4.69, 9.17) is 0 Å². The predicted octanol–water partition coefficient (Wildman–Crippen LogP) is 1.36. The van der Waals surface area contributed by atoms with Crippen LogP contribution in [-0.4, -0.2) is 42.4 Å². The van der Waals surface area contributed by atoms with Crippen molar-refractivity contribution in [2.75, 3.05) is 25.0 Å². The molecule has 1 fully saturated rings. The van der Waals surface area contributed by atoms with E-state index in [-0.39, 0.29) is 11.7 Å². The molecule has 1 aromatic carbocycles. The summed E-state index contributed by atoms with van der Waals surface area (Å²) >= 11 is 0. The molecule has 1 unspecified atom stereocenters. The van der Waals surface area contributed by atoms with Gasteiger partial charge in [0.1, 0.15) is 5.82 Å². The van der Waals surface area contributed by atoms with Gasteiger partial charge in [0.15, 0.2) is 0 Å². The van der Waals surface area contributed by atoms with Crippen LogP contribution in [-0.2, 0) is 9.59 Å². The number of nitrogens with one attached hydrogen (secondary N) is 2. The average Bonchev–Trinajstić information content (AvgIpc) is 2.94. The molecule has 0 radical (unpaired) electrons. The number of rotatable bonds is 4. The highest BCUT2D eigenvalue weighted by molar-refractivity contribution is 6.39. The first-order chi connectivity index (χ1) is 10.1. The minimum atomic E-state index is -0.846. The number of anilines is 1. The second-order valence-corrected chi connectivity index (χ2v) is 5.07. The second-order valence-electron chi connectivity index (χ2n) is 5.07. The largest absolute Gasteiger partial charge is 0.346 e. The molecular weight excluding hydrogens is 273 g/mol. The zero-order chi connectivity index (χ0) is 15.2. The number of likely N-dealkylation sites (N-methyl/N-ethyl adjacent to an activating group) is 1. The number of carbonyl (C=O) groups excluding carboxylic acids is 2. The average molecular weight is 293 g/mol. The topological polar surface area (TPSA) is 61.4 Å². The molecule has 0 aromatic heterocycles. The second kappa shape index (κ2) is 7.17. The first-order valence-corrected chi connectivity index (χ1v) is 7.19. The molecule has 1 heterocycles. The van der Waals surface area contributed by atoms with Crippen LogP contribution in [0.5, 0.6) is 0 Å². The van der Waals surface area contributed by atoms with Crippen molar-refractivity contribution in [2.45, 2.75) is 25.8 Å². The Morgan fingerprint density at radius 2 is 2.10 bits per heavy atom. The van der Waals surface area contributed by atoms with Crippen molar-refractivity contribution in [1.82, 2.24) is 10.2 Å². The monoisotopic (exact) mass is 293 g/mol. The van der Waals surface area contributed by atoms with Gasteiger partial charge >= 0.3 is 11.8 Å². The number of benzene rings is 1. The maximum atomic E-state index is 13.4. The van der Waals surface area contributed by atoms with Crippen LogP contribution in [0.4, 0.5) is 10.1 Å². The Morgan fingerprint density at radius 1 is 1.33 bits per heavy atom. The molecule has 0 aliphatic carbocycles. The molecule has 1 atom stereocenters. The molecule has 2 N–H and O–H groups in total. The Labute approximate surface area is 123 Å². The van der Waals surface area contributed by atoms with Gasteiger partial charge in [-0.25, -0.2) is 4.39 Å². The zero-order valence-electron chi connectivity index (χ0n) is 12.1. The number of amides is 2. The van der Waals surface area contributed by atoms with Gasteiger partial charge in [0.2, 0.25) is 0 Å². The molecule has 114 valence electrons. The van der Waals surface area contributed by atoms with E-state index < -0.39 is 17.6 Å². The minimum Gasteiger partial charge on any atom is -0.346 e. The van der Waals surface area contributed by atoms with Gasteiger partial charge in [0.05, 0.1) is 5.69 Å². The normalized spacial score (nSPS) is 18.5. The minimum absolute atomic E-state index is 0.00806. The van der Waals surface area contributed by atoms with Gasteiger partial charge in [0.25, 0.3) is 0 Å². The van der Waals surface area contributed by atoms with Gasteiger partial charge in [-0.3, -0.25) is 14.5 Å². The summed E-state index contributed by atoms with van der Waals surface area (Å²) in [5.41, 5.74) is 0.00806. The number of para-hydroxylation sites is 1. The van der Waals surface area contributed by atoms with Gasteiger partial charge in [-0.05, 0) is 38.1 Å². The highest BCUT2D eigenvalue weighted by atomic mass is 19.1. The summed E-state index contributed by atoms with van der Waals surface area (Å²) < 4.78 is 13.4. The van der Waals surface area contributed by atoms with Crippen LogP contribution in [0.3, 0.4) is 0 Å². The summed E-state index contributed by atoms with van der Waals surface area (Å²) in [6.45, 7) is 4.48. The molecule has 0 spiro atoms. The van der Waals surface area contributed by atoms with Crippen LogP contribution in [0.15, 0.2) is 24.3 Å². The Kier molecular flexibility index (Phi) is 5.27. The van der Waals surface area contributed by atoms with Crippen molar-refractivity contribution in [3.63, 3.8) is 0 Å². The van der Waals surface area contributed by atoms with E-state index in [0.717, 1.165) is 25.9 Å². The molecule has 1 aliphatic rings. The first kappa shape index (κ1) is 15.4. The SMILES string of the molecule is CCN1CCCC1CNC(=O)C(=O)Nc1ccccc1F. The number of nitrogens with zero attached hydrogens (tertiary/aromatic N) is 1. The van der Waals surface area contributed by atoms with Gasteiger partial charge < -0.3 is 10.6 Å². The summed E-state index contributed by atoms with van der Waals surface area (Å²) in [5, 5.41) is 4.88. The zero-order valence-corrected chi connectivity index (χ0v) is 12.1. The van der Waals surface area contributed by atoms with Crippen molar-refractivity contribution in [3.8, 4) is 0 Å².